The summed E-state index contributed by atoms with van der Waals surface area (Å²) in [4.78, 5) is 14.7. The fraction of sp³-hybridized carbons (Fsp3) is 0.929. The summed E-state index contributed by atoms with van der Waals surface area (Å²) in [5.74, 6) is 1.39. The molecule has 0 bridgehead atoms. The van der Waals surface area contributed by atoms with Gasteiger partial charge in [0.2, 0.25) is 5.91 Å². The summed E-state index contributed by atoms with van der Waals surface area (Å²) in [7, 11) is 0. The lowest BCUT2D eigenvalue weighted by Gasteiger charge is -2.34. The Labute approximate surface area is 120 Å². The molecule has 2 fully saturated rings. The molecule has 0 spiro atoms. The average Bonchev–Trinajstić information content (AvgIpc) is 2.92. The highest BCUT2D eigenvalue weighted by atomic mass is 32.2. The molecule has 3 unspecified atom stereocenters. The van der Waals surface area contributed by atoms with E-state index in [1.165, 1.54) is 0 Å². The first-order chi connectivity index (χ1) is 9.26. The normalized spacial score (nSPS) is 31.7. The van der Waals surface area contributed by atoms with Crippen LogP contribution in [-0.2, 0) is 9.53 Å². The molecule has 1 N–H and O–H groups in total. The smallest absolute Gasteiger partial charge is 0.229 e. The second-order valence-electron chi connectivity index (χ2n) is 5.39. The number of hydrogen-bond acceptors (Lipinski definition) is 4. The first-order valence-corrected chi connectivity index (χ1v) is 8.52. The molecule has 1 amide bonds. The minimum Gasteiger partial charge on any atom is -0.379 e. The molecular weight excluding hydrogens is 260 g/mol. The summed E-state index contributed by atoms with van der Waals surface area (Å²) in [6.07, 6.45) is 2.24. The minimum atomic E-state index is 0.0205. The third-order valence-electron chi connectivity index (χ3n) is 3.96. The monoisotopic (exact) mass is 286 g/mol. The van der Waals surface area contributed by atoms with Gasteiger partial charge in [0.15, 0.2) is 0 Å². The molecule has 5 heteroatoms. The van der Waals surface area contributed by atoms with E-state index in [0.29, 0.717) is 24.4 Å². The number of hydrogen-bond donors (Lipinski definition) is 1. The molecular formula is C14H26N2O2S. The fourth-order valence-electron chi connectivity index (χ4n) is 2.73. The second-order valence-corrected chi connectivity index (χ2v) is 6.80. The third kappa shape index (κ3) is 3.86. The van der Waals surface area contributed by atoms with E-state index >= 15 is 0 Å². The molecule has 4 nitrogen and oxygen atoms in total. The van der Waals surface area contributed by atoms with Crippen LogP contribution in [0, 0.1) is 5.92 Å². The van der Waals surface area contributed by atoms with Crippen molar-refractivity contribution in [1.29, 1.82) is 0 Å². The van der Waals surface area contributed by atoms with Gasteiger partial charge in [0.1, 0.15) is 0 Å². The molecule has 0 saturated carbocycles. The quantitative estimate of drug-likeness (QED) is 0.828. The van der Waals surface area contributed by atoms with Crippen molar-refractivity contribution in [1.82, 2.24) is 10.2 Å². The Balaban J connectivity index is 1.90. The number of rotatable bonds is 5. The highest BCUT2D eigenvalue weighted by molar-refractivity contribution is 8.00. The molecule has 110 valence electrons. The van der Waals surface area contributed by atoms with Crippen molar-refractivity contribution in [3.63, 3.8) is 0 Å². The van der Waals surface area contributed by atoms with E-state index < -0.39 is 0 Å². The Morgan fingerprint density at radius 1 is 1.42 bits per heavy atom. The maximum atomic E-state index is 12.6. The highest BCUT2D eigenvalue weighted by Crippen LogP contribution is 2.24. The van der Waals surface area contributed by atoms with Crippen LogP contribution in [-0.4, -0.2) is 60.7 Å². The van der Waals surface area contributed by atoms with Crippen molar-refractivity contribution in [2.24, 2.45) is 5.92 Å². The molecule has 2 heterocycles. The molecule has 2 rings (SSSR count). The lowest BCUT2D eigenvalue weighted by molar-refractivity contribution is -0.135. The summed E-state index contributed by atoms with van der Waals surface area (Å²) in [6.45, 7) is 8.39. The zero-order valence-corrected chi connectivity index (χ0v) is 12.9. The Morgan fingerprint density at radius 2 is 2.26 bits per heavy atom. The molecule has 19 heavy (non-hydrogen) atoms. The number of amides is 1. The molecule has 0 aliphatic carbocycles. The predicted molar refractivity (Wildman–Crippen MR) is 79.5 cm³/mol. The van der Waals surface area contributed by atoms with Gasteiger partial charge in [-0.3, -0.25) is 4.79 Å². The van der Waals surface area contributed by atoms with Gasteiger partial charge in [0.25, 0.3) is 0 Å². The lowest BCUT2D eigenvalue weighted by Crippen LogP contribution is -2.49. The molecule has 0 radical (unpaired) electrons. The van der Waals surface area contributed by atoms with Crippen LogP contribution < -0.4 is 5.32 Å². The van der Waals surface area contributed by atoms with Crippen molar-refractivity contribution in [2.75, 3.05) is 38.6 Å². The fourth-order valence-corrected chi connectivity index (χ4v) is 3.91. The van der Waals surface area contributed by atoms with Gasteiger partial charge in [-0.2, -0.15) is 11.8 Å². The average molecular weight is 286 g/mol. The summed E-state index contributed by atoms with van der Waals surface area (Å²) < 4.78 is 5.52. The Morgan fingerprint density at radius 3 is 3.00 bits per heavy atom. The van der Waals surface area contributed by atoms with Crippen LogP contribution in [0.1, 0.15) is 26.7 Å². The van der Waals surface area contributed by atoms with E-state index in [2.05, 4.69) is 24.1 Å². The van der Waals surface area contributed by atoms with Gasteiger partial charge in [-0.1, -0.05) is 13.8 Å². The molecule has 0 aromatic heterocycles. The molecule has 2 saturated heterocycles. The van der Waals surface area contributed by atoms with Crippen LogP contribution in [0.3, 0.4) is 0 Å². The lowest BCUT2D eigenvalue weighted by atomic mass is 10.0. The number of ether oxygens (including phenoxy) is 1. The van der Waals surface area contributed by atoms with Crippen LogP contribution in [0.25, 0.3) is 0 Å². The predicted octanol–water partition coefficient (Wildman–Crippen LogP) is 1.35. The number of thioether (sulfide) groups is 1. The maximum Gasteiger partial charge on any atom is 0.229 e. The van der Waals surface area contributed by atoms with E-state index in [4.69, 9.17) is 4.74 Å². The number of carbonyl (C=O) groups is 1. The van der Waals surface area contributed by atoms with Crippen LogP contribution in [0.2, 0.25) is 0 Å². The van der Waals surface area contributed by atoms with Gasteiger partial charge in [-0.05, 0) is 19.4 Å². The summed E-state index contributed by atoms with van der Waals surface area (Å²) >= 11 is 2.00. The Kier molecular flexibility index (Phi) is 5.98. The van der Waals surface area contributed by atoms with Gasteiger partial charge in [0, 0.05) is 30.1 Å². The maximum absolute atomic E-state index is 12.6. The highest BCUT2D eigenvalue weighted by Gasteiger charge is 2.37. The summed E-state index contributed by atoms with van der Waals surface area (Å²) in [6, 6.07) is 0.210. The van der Waals surface area contributed by atoms with Gasteiger partial charge in [-0.15, -0.1) is 0 Å². The molecule has 3 atom stereocenters. The van der Waals surface area contributed by atoms with E-state index in [1.54, 1.807) is 0 Å². The first-order valence-electron chi connectivity index (χ1n) is 7.47. The van der Waals surface area contributed by atoms with Crippen molar-refractivity contribution in [3.8, 4) is 0 Å². The van der Waals surface area contributed by atoms with Crippen LogP contribution in [0.4, 0.5) is 0 Å². The molecule has 2 aliphatic heterocycles. The van der Waals surface area contributed by atoms with Gasteiger partial charge in [-0.25, -0.2) is 0 Å². The van der Waals surface area contributed by atoms with E-state index in [-0.39, 0.29) is 12.0 Å². The van der Waals surface area contributed by atoms with E-state index in [0.717, 1.165) is 38.2 Å². The Hall–Kier alpha value is -0.260. The van der Waals surface area contributed by atoms with Crippen LogP contribution in [0.5, 0.6) is 0 Å². The SMILES string of the molecule is CCCNC1COCC1C(=O)N1CCSC(CC)C1. The van der Waals surface area contributed by atoms with Crippen molar-refractivity contribution in [3.05, 3.63) is 0 Å². The van der Waals surface area contributed by atoms with Crippen molar-refractivity contribution < 1.29 is 9.53 Å². The zero-order valence-electron chi connectivity index (χ0n) is 12.1. The zero-order chi connectivity index (χ0) is 13.7. The number of nitrogens with zero attached hydrogens (tertiary/aromatic N) is 1. The topological polar surface area (TPSA) is 41.6 Å². The largest absolute Gasteiger partial charge is 0.379 e. The van der Waals surface area contributed by atoms with Gasteiger partial charge >= 0.3 is 0 Å². The van der Waals surface area contributed by atoms with Crippen molar-refractivity contribution >= 4 is 17.7 Å². The number of nitrogens with one attached hydrogen (secondary N) is 1. The van der Waals surface area contributed by atoms with E-state index in [9.17, 15) is 4.79 Å². The van der Waals surface area contributed by atoms with Crippen LogP contribution >= 0.6 is 11.8 Å². The van der Waals surface area contributed by atoms with Gasteiger partial charge < -0.3 is 15.0 Å². The number of carbonyl (C=O) groups excluding carboxylic acids is 1. The summed E-state index contributed by atoms with van der Waals surface area (Å²) in [5.41, 5.74) is 0. The first kappa shape index (κ1) is 15.1. The second kappa shape index (κ2) is 7.50. The van der Waals surface area contributed by atoms with Crippen LogP contribution in [0.15, 0.2) is 0 Å². The van der Waals surface area contributed by atoms with Gasteiger partial charge in [0.05, 0.1) is 19.1 Å². The summed E-state index contributed by atoms with van der Waals surface area (Å²) in [5, 5.41) is 4.06. The Bertz CT molecular complexity index is 301. The van der Waals surface area contributed by atoms with Crippen molar-refractivity contribution in [2.45, 2.75) is 38.0 Å². The standard InChI is InChI=1S/C14H26N2O2S/c1-3-5-15-13-10-18-9-12(13)14(17)16-6-7-19-11(4-2)8-16/h11-13,15H,3-10H2,1-2H3. The molecule has 2 aliphatic rings. The molecule has 0 aromatic carbocycles. The molecule has 0 aromatic rings. The third-order valence-corrected chi connectivity index (χ3v) is 5.33. The minimum absolute atomic E-state index is 0.0205. The van der Waals surface area contributed by atoms with E-state index in [1.807, 2.05) is 11.8 Å².